The SMILES string of the molecule is CCOC1CC(n2c(C(C)Cl)nc3ccc(OC)nc32)C1. The lowest BCUT2D eigenvalue weighted by Crippen LogP contribution is -2.34. The van der Waals surface area contributed by atoms with E-state index in [1.54, 1.807) is 7.11 Å². The number of halogens is 1. The zero-order chi connectivity index (χ0) is 15.0. The van der Waals surface area contributed by atoms with Gasteiger partial charge in [-0.15, -0.1) is 11.6 Å². The molecule has 0 aromatic carbocycles. The van der Waals surface area contributed by atoms with E-state index in [4.69, 9.17) is 21.1 Å². The molecule has 5 nitrogen and oxygen atoms in total. The van der Waals surface area contributed by atoms with E-state index in [2.05, 4.69) is 14.5 Å². The van der Waals surface area contributed by atoms with Crippen LogP contribution in [0.3, 0.4) is 0 Å². The van der Waals surface area contributed by atoms with Gasteiger partial charge < -0.3 is 14.0 Å². The molecule has 0 saturated heterocycles. The number of pyridine rings is 1. The Morgan fingerprint density at radius 3 is 2.76 bits per heavy atom. The number of hydrogen-bond donors (Lipinski definition) is 0. The Morgan fingerprint density at radius 1 is 1.38 bits per heavy atom. The lowest BCUT2D eigenvalue weighted by atomic mass is 9.88. The lowest BCUT2D eigenvalue weighted by molar-refractivity contribution is -0.0194. The highest BCUT2D eigenvalue weighted by molar-refractivity contribution is 6.20. The summed E-state index contributed by atoms with van der Waals surface area (Å²) < 4.78 is 13.0. The predicted molar refractivity (Wildman–Crippen MR) is 82.0 cm³/mol. The van der Waals surface area contributed by atoms with E-state index in [0.29, 0.717) is 18.0 Å². The van der Waals surface area contributed by atoms with Gasteiger partial charge >= 0.3 is 0 Å². The molecule has 1 saturated carbocycles. The molecule has 3 rings (SSSR count). The summed E-state index contributed by atoms with van der Waals surface area (Å²) in [6.45, 7) is 4.72. The maximum Gasteiger partial charge on any atom is 0.215 e. The molecule has 1 atom stereocenters. The molecule has 21 heavy (non-hydrogen) atoms. The Bertz CT molecular complexity index is 635. The van der Waals surface area contributed by atoms with Crippen molar-refractivity contribution in [2.75, 3.05) is 13.7 Å². The largest absolute Gasteiger partial charge is 0.481 e. The van der Waals surface area contributed by atoms with Gasteiger partial charge in [0.1, 0.15) is 11.3 Å². The molecule has 2 aromatic rings. The van der Waals surface area contributed by atoms with Crippen LogP contribution in [-0.2, 0) is 4.74 Å². The standard InChI is InChI=1S/C15H20ClN3O2/c1-4-21-11-7-10(8-11)19-14(9(2)16)17-12-5-6-13(20-3)18-15(12)19/h5-6,9-11H,4,7-8H2,1-3H3. The number of fused-ring (bicyclic) bond motifs is 1. The summed E-state index contributed by atoms with van der Waals surface area (Å²) in [6, 6.07) is 4.10. The Kier molecular flexibility index (Phi) is 4.04. The van der Waals surface area contributed by atoms with Crippen LogP contribution in [0, 0.1) is 0 Å². The fourth-order valence-corrected chi connectivity index (χ4v) is 3.00. The minimum Gasteiger partial charge on any atom is -0.481 e. The molecule has 1 aliphatic rings. The third kappa shape index (κ3) is 2.60. The summed E-state index contributed by atoms with van der Waals surface area (Å²) in [4.78, 5) is 9.18. The Morgan fingerprint density at radius 2 is 2.14 bits per heavy atom. The highest BCUT2D eigenvalue weighted by Crippen LogP contribution is 2.39. The van der Waals surface area contributed by atoms with Gasteiger partial charge in [-0.25, -0.2) is 4.98 Å². The molecule has 1 unspecified atom stereocenters. The number of methoxy groups -OCH3 is 1. The second-order valence-corrected chi connectivity index (χ2v) is 6.01. The summed E-state index contributed by atoms with van der Waals surface area (Å²) in [6.07, 6.45) is 2.30. The van der Waals surface area contributed by atoms with Crippen LogP contribution in [0.25, 0.3) is 11.2 Å². The molecular formula is C15H20ClN3O2. The predicted octanol–water partition coefficient (Wildman–Crippen LogP) is 3.48. The van der Waals surface area contributed by atoms with E-state index >= 15 is 0 Å². The van der Waals surface area contributed by atoms with Gasteiger partial charge in [0.25, 0.3) is 0 Å². The van der Waals surface area contributed by atoms with Gasteiger partial charge in [0.05, 0.1) is 18.6 Å². The summed E-state index contributed by atoms with van der Waals surface area (Å²) in [5.74, 6) is 1.46. The lowest BCUT2D eigenvalue weighted by Gasteiger charge is -2.36. The molecule has 0 bridgehead atoms. The van der Waals surface area contributed by atoms with Gasteiger partial charge in [-0.2, -0.15) is 4.98 Å². The summed E-state index contributed by atoms with van der Waals surface area (Å²) >= 11 is 6.30. The minimum absolute atomic E-state index is 0.156. The number of ether oxygens (including phenoxy) is 2. The van der Waals surface area contributed by atoms with Gasteiger partial charge in [0.2, 0.25) is 5.88 Å². The van der Waals surface area contributed by atoms with E-state index in [1.165, 1.54) is 0 Å². The maximum atomic E-state index is 6.30. The molecular weight excluding hydrogens is 290 g/mol. The molecule has 6 heteroatoms. The molecule has 0 aliphatic heterocycles. The Balaban J connectivity index is 2.00. The van der Waals surface area contributed by atoms with Gasteiger partial charge in [-0.3, -0.25) is 0 Å². The number of rotatable bonds is 5. The quantitative estimate of drug-likeness (QED) is 0.793. The van der Waals surface area contributed by atoms with Crippen LogP contribution in [0.4, 0.5) is 0 Å². The molecule has 0 radical (unpaired) electrons. The van der Waals surface area contributed by atoms with Crippen molar-refractivity contribution < 1.29 is 9.47 Å². The molecule has 1 aliphatic carbocycles. The van der Waals surface area contributed by atoms with Crippen molar-refractivity contribution in [3.05, 3.63) is 18.0 Å². The third-order valence-corrected chi connectivity index (χ3v) is 4.14. The number of hydrogen-bond acceptors (Lipinski definition) is 4. The first kappa shape index (κ1) is 14.6. The third-order valence-electron chi connectivity index (χ3n) is 3.94. The van der Waals surface area contributed by atoms with Crippen molar-refractivity contribution in [1.29, 1.82) is 0 Å². The smallest absolute Gasteiger partial charge is 0.215 e. The van der Waals surface area contributed by atoms with Crippen LogP contribution in [0.15, 0.2) is 12.1 Å². The monoisotopic (exact) mass is 309 g/mol. The highest BCUT2D eigenvalue weighted by Gasteiger charge is 2.34. The Hall–Kier alpha value is -1.33. The molecule has 0 N–H and O–H groups in total. The first-order valence-corrected chi connectivity index (χ1v) is 7.76. The summed E-state index contributed by atoms with van der Waals surface area (Å²) in [7, 11) is 1.62. The number of alkyl halides is 1. The van der Waals surface area contributed by atoms with Crippen molar-refractivity contribution in [1.82, 2.24) is 14.5 Å². The number of imidazole rings is 1. The second kappa shape index (κ2) is 5.81. The normalized spacial score (nSPS) is 23.0. The first-order chi connectivity index (χ1) is 10.1. The fraction of sp³-hybridized carbons (Fsp3) is 0.600. The summed E-state index contributed by atoms with van der Waals surface area (Å²) in [5, 5.41) is -0.156. The van der Waals surface area contributed by atoms with Crippen LogP contribution < -0.4 is 4.74 Å². The van der Waals surface area contributed by atoms with E-state index in [-0.39, 0.29) is 5.38 Å². The van der Waals surface area contributed by atoms with Crippen LogP contribution in [0.5, 0.6) is 5.88 Å². The topological polar surface area (TPSA) is 49.2 Å². The summed E-state index contributed by atoms with van der Waals surface area (Å²) in [5.41, 5.74) is 1.70. The molecule has 2 heterocycles. The molecule has 2 aromatic heterocycles. The van der Waals surface area contributed by atoms with Gasteiger partial charge in [0.15, 0.2) is 5.65 Å². The number of aromatic nitrogens is 3. The van der Waals surface area contributed by atoms with Crippen LogP contribution in [0.2, 0.25) is 0 Å². The Labute approximate surface area is 129 Å². The van der Waals surface area contributed by atoms with Crippen LogP contribution in [0.1, 0.15) is 43.9 Å². The van der Waals surface area contributed by atoms with Gasteiger partial charge in [0, 0.05) is 18.7 Å². The molecule has 0 amide bonds. The van der Waals surface area contributed by atoms with Crippen molar-refractivity contribution in [2.24, 2.45) is 0 Å². The average molecular weight is 310 g/mol. The van der Waals surface area contributed by atoms with Crippen LogP contribution >= 0.6 is 11.6 Å². The number of nitrogens with zero attached hydrogens (tertiary/aromatic N) is 3. The zero-order valence-corrected chi connectivity index (χ0v) is 13.3. The zero-order valence-electron chi connectivity index (χ0n) is 12.5. The fourth-order valence-electron chi connectivity index (χ4n) is 2.85. The van der Waals surface area contributed by atoms with Gasteiger partial charge in [-0.1, -0.05) is 0 Å². The maximum absolute atomic E-state index is 6.30. The van der Waals surface area contributed by atoms with E-state index < -0.39 is 0 Å². The van der Waals surface area contributed by atoms with E-state index in [9.17, 15) is 0 Å². The average Bonchev–Trinajstić information content (AvgIpc) is 2.80. The van der Waals surface area contributed by atoms with Crippen molar-refractivity contribution in [3.8, 4) is 5.88 Å². The molecule has 0 spiro atoms. The van der Waals surface area contributed by atoms with Crippen molar-refractivity contribution in [2.45, 2.75) is 44.2 Å². The van der Waals surface area contributed by atoms with Crippen molar-refractivity contribution >= 4 is 22.8 Å². The van der Waals surface area contributed by atoms with Crippen molar-refractivity contribution in [3.63, 3.8) is 0 Å². The first-order valence-electron chi connectivity index (χ1n) is 7.32. The van der Waals surface area contributed by atoms with Gasteiger partial charge in [-0.05, 0) is 32.8 Å². The van der Waals surface area contributed by atoms with E-state index in [0.717, 1.165) is 36.4 Å². The minimum atomic E-state index is -0.156. The molecule has 1 fully saturated rings. The van der Waals surface area contributed by atoms with E-state index in [1.807, 2.05) is 26.0 Å². The van der Waals surface area contributed by atoms with Crippen LogP contribution in [-0.4, -0.2) is 34.4 Å². The molecule has 114 valence electrons. The second-order valence-electron chi connectivity index (χ2n) is 5.35. The highest BCUT2D eigenvalue weighted by atomic mass is 35.5.